The van der Waals surface area contributed by atoms with Crippen LogP contribution in [0.15, 0.2) is 24.3 Å². The van der Waals surface area contributed by atoms with Crippen LogP contribution in [0.5, 0.6) is 5.75 Å². The van der Waals surface area contributed by atoms with E-state index in [1.54, 1.807) is 0 Å². The van der Waals surface area contributed by atoms with Crippen molar-refractivity contribution in [2.75, 3.05) is 32.9 Å². The Morgan fingerprint density at radius 3 is 2.82 bits per heavy atom. The third-order valence-corrected chi connectivity index (χ3v) is 4.44. The molecule has 0 spiro atoms. The fourth-order valence-electron chi connectivity index (χ4n) is 3.17. The first-order valence-electron chi connectivity index (χ1n) is 8.20. The fraction of sp³-hybridized carbons (Fsp3) is 0.588. The van der Waals surface area contributed by atoms with Crippen LogP contribution in [0.25, 0.3) is 0 Å². The summed E-state index contributed by atoms with van der Waals surface area (Å²) in [6, 6.07) is 7.90. The van der Waals surface area contributed by atoms with Gasteiger partial charge in [0.25, 0.3) is 0 Å². The molecule has 3 rings (SSSR count). The molecular weight excluding hydrogens is 280 g/mol. The van der Waals surface area contributed by atoms with Gasteiger partial charge in [0, 0.05) is 0 Å². The van der Waals surface area contributed by atoms with Gasteiger partial charge in [-0.2, -0.15) is 0 Å². The van der Waals surface area contributed by atoms with Gasteiger partial charge in [-0.25, -0.2) is 4.79 Å². The summed E-state index contributed by atoms with van der Waals surface area (Å²) in [6.07, 6.45) is 3.48. The van der Waals surface area contributed by atoms with Gasteiger partial charge in [-0.1, -0.05) is 18.2 Å². The molecule has 0 aliphatic carbocycles. The van der Waals surface area contributed by atoms with E-state index in [1.807, 2.05) is 36.1 Å². The Hall–Kier alpha value is -1.75. The van der Waals surface area contributed by atoms with Gasteiger partial charge < -0.3 is 14.4 Å². The van der Waals surface area contributed by atoms with Crippen LogP contribution in [-0.2, 0) is 4.74 Å². The smallest absolute Gasteiger partial charge is 0.414 e. The summed E-state index contributed by atoms with van der Waals surface area (Å²) in [5.74, 6) is 0.860. The average molecular weight is 305 g/mol. The van der Waals surface area contributed by atoms with Crippen molar-refractivity contribution in [1.29, 1.82) is 0 Å². The van der Waals surface area contributed by atoms with Crippen molar-refractivity contribution in [3.05, 3.63) is 29.8 Å². The summed E-state index contributed by atoms with van der Waals surface area (Å²) in [5.41, 5.74) is 1.10. The quantitative estimate of drug-likeness (QED) is 0.889. The van der Waals surface area contributed by atoms with Gasteiger partial charge in [0.2, 0.25) is 0 Å². The van der Waals surface area contributed by atoms with Gasteiger partial charge in [0.15, 0.2) is 12.8 Å². The first kappa shape index (κ1) is 15.2. The Morgan fingerprint density at radius 2 is 2.05 bits per heavy atom. The summed E-state index contributed by atoms with van der Waals surface area (Å²) in [6.45, 7) is 6.15. The van der Waals surface area contributed by atoms with E-state index in [9.17, 15) is 4.79 Å². The molecule has 1 aromatic rings. The molecule has 0 bridgehead atoms. The summed E-state index contributed by atoms with van der Waals surface area (Å²) in [5, 5.41) is 0. The van der Waals surface area contributed by atoms with Gasteiger partial charge in [0.1, 0.15) is 12.4 Å². The van der Waals surface area contributed by atoms with Crippen LogP contribution < -0.4 is 9.64 Å². The number of benzene rings is 1. The zero-order valence-electron chi connectivity index (χ0n) is 13.2. The molecule has 1 atom stereocenters. The molecule has 2 aliphatic rings. The average Bonchev–Trinajstić information content (AvgIpc) is 2.88. The van der Waals surface area contributed by atoms with E-state index in [4.69, 9.17) is 9.47 Å². The number of ether oxygens (including phenoxy) is 2. The number of aryl methyl sites for hydroxylation is 1. The third-order valence-electron chi connectivity index (χ3n) is 4.44. The number of carbonyl (C=O) groups excluding carboxylic acids is 1. The molecule has 1 aromatic carbocycles. The van der Waals surface area contributed by atoms with E-state index < -0.39 is 0 Å². The second-order valence-electron chi connectivity index (χ2n) is 6.27. The van der Waals surface area contributed by atoms with Crippen LogP contribution in [-0.4, -0.2) is 50.0 Å². The van der Waals surface area contributed by atoms with E-state index in [1.165, 1.54) is 24.2 Å². The number of nitrogens with one attached hydrogen (secondary N) is 1. The Balaban J connectivity index is 1.48. The third kappa shape index (κ3) is 3.71. The molecule has 0 unspecified atom stereocenters. The lowest BCUT2D eigenvalue weighted by Crippen LogP contribution is -3.14. The molecule has 2 aliphatic heterocycles. The highest BCUT2D eigenvalue weighted by atomic mass is 16.6. The van der Waals surface area contributed by atoms with E-state index in [0.29, 0.717) is 13.2 Å². The van der Waals surface area contributed by atoms with Crippen LogP contribution in [0.1, 0.15) is 24.8 Å². The number of rotatable bonds is 5. The molecule has 1 amide bonds. The SMILES string of the molecule is Cc1ccccc1OC[C@@H]1CN(C[NH+]2CCCCC2)C(=O)O1. The Morgan fingerprint density at radius 1 is 1.27 bits per heavy atom. The largest absolute Gasteiger partial charge is 0.489 e. The number of likely N-dealkylation sites (tertiary alicyclic amines) is 1. The van der Waals surface area contributed by atoms with Gasteiger partial charge in [-0.05, 0) is 37.8 Å². The summed E-state index contributed by atoms with van der Waals surface area (Å²) >= 11 is 0. The molecule has 5 heteroatoms. The number of hydrogen-bond donors (Lipinski definition) is 1. The molecule has 2 fully saturated rings. The minimum absolute atomic E-state index is 0.170. The molecule has 0 saturated carbocycles. The van der Waals surface area contributed by atoms with Crippen LogP contribution in [0, 0.1) is 6.92 Å². The Bertz CT molecular complexity index is 514. The number of nitrogens with zero attached hydrogens (tertiary/aromatic N) is 1. The van der Waals surface area contributed by atoms with Crippen LogP contribution in [0.3, 0.4) is 0 Å². The molecule has 5 nitrogen and oxygen atoms in total. The zero-order chi connectivity index (χ0) is 15.4. The minimum Gasteiger partial charge on any atom is -0.489 e. The van der Waals surface area contributed by atoms with Crippen molar-refractivity contribution in [3.63, 3.8) is 0 Å². The van der Waals surface area contributed by atoms with Crippen molar-refractivity contribution < 1.29 is 19.2 Å². The number of para-hydroxylation sites is 1. The number of piperidine rings is 1. The first-order chi connectivity index (χ1) is 10.7. The molecular formula is C17H25N2O3+. The van der Waals surface area contributed by atoms with E-state index in [0.717, 1.165) is 31.1 Å². The first-order valence-corrected chi connectivity index (χ1v) is 8.20. The van der Waals surface area contributed by atoms with Gasteiger partial charge in [0.05, 0.1) is 19.6 Å². The van der Waals surface area contributed by atoms with Crippen molar-refractivity contribution in [1.82, 2.24) is 4.90 Å². The maximum Gasteiger partial charge on any atom is 0.414 e. The molecule has 2 heterocycles. The Labute approximate surface area is 131 Å². The van der Waals surface area contributed by atoms with Crippen molar-refractivity contribution in [3.8, 4) is 5.75 Å². The van der Waals surface area contributed by atoms with Crippen molar-refractivity contribution >= 4 is 6.09 Å². The predicted molar refractivity (Wildman–Crippen MR) is 83.1 cm³/mol. The standard InChI is InChI=1S/C17H24N2O3/c1-14-7-3-4-8-16(14)21-12-15-11-19(17(20)22-15)13-18-9-5-2-6-10-18/h3-4,7-8,15H,2,5-6,9-13H2,1H3/p+1/t15-/m0/s1. The zero-order valence-corrected chi connectivity index (χ0v) is 13.2. The topological polar surface area (TPSA) is 43.2 Å². The van der Waals surface area contributed by atoms with Gasteiger partial charge in [-0.3, -0.25) is 4.90 Å². The maximum atomic E-state index is 12.0. The minimum atomic E-state index is -0.198. The van der Waals surface area contributed by atoms with Gasteiger partial charge >= 0.3 is 6.09 Å². The second-order valence-corrected chi connectivity index (χ2v) is 6.27. The number of hydrogen-bond acceptors (Lipinski definition) is 3. The highest BCUT2D eigenvalue weighted by molar-refractivity contribution is 5.69. The summed E-state index contributed by atoms with van der Waals surface area (Å²) in [4.78, 5) is 15.3. The summed E-state index contributed by atoms with van der Waals surface area (Å²) < 4.78 is 11.2. The van der Waals surface area contributed by atoms with Crippen LogP contribution >= 0.6 is 0 Å². The normalized spacial score (nSPS) is 22.7. The number of carbonyl (C=O) groups is 1. The fourth-order valence-corrected chi connectivity index (χ4v) is 3.17. The number of amides is 1. The monoisotopic (exact) mass is 305 g/mol. The van der Waals surface area contributed by atoms with Crippen LogP contribution in [0.4, 0.5) is 4.79 Å². The highest BCUT2D eigenvalue weighted by Gasteiger charge is 2.34. The molecule has 0 radical (unpaired) electrons. The van der Waals surface area contributed by atoms with E-state index in [2.05, 4.69) is 0 Å². The lowest BCUT2D eigenvalue weighted by atomic mass is 10.1. The van der Waals surface area contributed by atoms with Crippen molar-refractivity contribution in [2.45, 2.75) is 32.3 Å². The number of quaternary nitrogens is 1. The highest BCUT2D eigenvalue weighted by Crippen LogP contribution is 2.18. The Kier molecular flexibility index (Phi) is 4.83. The second kappa shape index (κ2) is 7.01. The van der Waals surface area contributed by atoms with Crippen LogP contribution in [0.2, 0.25) is 0 Å². The molecule has 22 heavy (non-hydrogen) atoms. The summed E-state index contributed by atoms with van der Waals surface area (Å²) in [7, 11) is 0. The van der Waals surface area contributed by atoms with E-state index >= 15 is 0 Å². The lowest BCUT2D eigenvalue weighted by molar-refractivity contribution is -0.913. The molecule has 2 saturated heterocycles. The van der Waals surface area contributed by atoms with E-state index in [-0.39, 0.29) is 12.2 Å². The lowest BCUT2D eigenvalue weighted by Gasteiger charge is -2.26. The molecule has 0 aromatic heterocycles. The predicted octanol–water partition coefficient (Wildman–Crippen LogP) is 1.22. The maximum absolute atomic E-state index is 12.0. The van der Waals surface area contributed by atoms with Crippen molar-refractivity contribution in [2.24, 2.45) is 0 Å². The van der Waals surface area contributed by atoms with Gasteiger partial charge in [-0.15, -0.1) is 0 Å². The molecule has 1 N–H and O–H groups in total. The number of cyclic esters (lactones) is 1. The molecule has 120 valence electrons.